The molecule has 1 saturated heterocycles. The van der Waals surface area contributed by atoms with E-state index in [1.807, 2.05) is 19.2 Å². The maximum atomic E-state index is 13.2. The maximum Gasteiger partial charge on any atom is 0.191 e. The van der Waals surface area contributed by atoms with Gasteiger partial charge < -0.3 is 20.4 Å². The number of aromatic nitrogens is 1. The van der Waals surface area contributed by atoms with E-state index in [4.69, 9.17) is 0 Å². The number of anilines is 1. The SMILES string of the molecule is CCN1CCN(c2ccc(CNC(=NC)NCCc3ccc(F)cc3C)cn2)CC1.I. The molecule has 0 saturated carbocycles. The van der Waals surface area contributed by atoms with Crippen LogP contribution in [0.2, 0.25) is 0 Å². The molecule has 6 nitrogen and oxygen atoms in total. The van der Waals surface area contributed by atoms with Crippen molar-refractivity contribution in [3.63, 3.8) is 0 Å². The van der Waals surface area contributed by atoms with Crippen molar-refractivity contribution in [1.82, 2.24) is 20.5 Å². The quantitative estimate of drug-likeness (QED) is 0.321. The lowest BCUT2D eigenvalue weighted by Crippen LogP contribution is -2.46. The molecular weight excluding hydrogens is 506 g/mol. The highest BCUT2D eigenvalue weighted by atomic mass is 127. The Morgan fingerprint density at radius 1 is 1.13 bits per heavy atom. The molecule has 0 aliphatic carbocycles. The first-order chi connectivity index (χ1) is 14.6. The molecule has 2 heterocycles. The van der Waals surface area contributed by atoms with E-state index in [0.29, 0.717) is 6.54 Å². The van der Waals surface area contributed by atoms with Crippen molar-refractivity contribution < 1.29 is 4.39 Å². The Morgan fingerprint density at radius 2 is 1.90 bits per heavy atom. The number of piperazine rings is 1. The molecule has 170 valence electrons. The highest BCUT2D eigenvalue weighted by molar-refractivity contribution is 14.0. The summed E-state index contributed by atoms with van der Waals surface area (Å²) in [6.07, 6.45) is 2.75. The van der Waals surface area contributed by atoms with E-state index < -0.39 is 0 Å². The molecule has 31 heavy (non-hydrogen) atoms. The molecule has 1 aromatic heterocycles. The number of nitrogens with one attached hydrogen (secondary N) is 2. The maximum absolute atomic E-state index is 13.2. The predicted octanol–water partition coefficient (Wildman–Crippen LogP) is 3.20. The second kappa shape index (κ2) is 12.8. The molecule has 0 radical (unpaired) electrons. The van der Waals surface area contributed by atoms with Gasteiger partial charge in [-0.2, -0.15) is 0 Å². The fourth-order valence-electron chi connectivity index (χ4n) is 3.66. The van der Waals surface area contributed by atoms with Crippen molar-refractivity contribution in [2.24, 2.45) is 4.99 Å². The number of rotatable bonds is 7. The largest absolute Gasteiger partial charge is 0.356 e. The van der Waals surface area contributed by atoms with Crippen molar-refractivity contribution in [1.29, 1.82) is 0 Å². The number of nitrogens with zero attached hydrogens (tertiary/aromatic N) is 4. The molecule has 2 aromatic rings. The molecule has 0 atom stereocenters. The molecule has 2 N–H and O–H groups in total. The fraction of sp³-hybridized carbons (Fsp3) is 0.478. The zero-order valence-corrected chi connectivity index (χ0v) is 21.0. The summed E-state index contributed by atoms with van der Waals surface area (Å²) in [5, 5.41) is 6.64. The first-order valence-electron chi connectivity index (χ1n) is 10.7. The first-order valence-corrected chi connectivity index (χ1v) is 10.7. The highest BCUT2D eigenvalue weighted by Gasteiger charge is 2.16. The van der Waals surface area contributed by atoms with Crippen LogP contribution in [-0.4, -0.2) is 62.2 Å². The fourth-order valence-corrected chi connectivity index (χ4v) is 3.66. The third kappa shape index (κ3) is 7.60. The zero-order valence-electron chi connectivity index (χ0n) is 18.7. The van der Waals surface area contributed by atoms with E-state index in [2.05, 4.69) is 49.5 Å². The first kappa shape index (κ1) is 25.3. The lowest BCUT2D eigenvalue weighted by molar-refractivity contribution is 0.270. The van der Waals surface area contributed by atoms with Crippen LogP contribution in [0.25, 0.3) is 0 Å². The van der Waals surface area contributed by atoms with Crippen molar-refractivity contribution in [3.05, 3.63) is 59.0 Å². The molecule has 0 bridgehead atoms. The van der Waals surface area contributed by atoms with Crippen molar-refractivity contribution >= 4 is 35.8 Å². The van der Waals surface area contributed by atoms with Gasteiger partial charge in [-0.15, -0.1) is 24.0 Å². The van der Waals surface area contributed by atoms with Crippen LogP contribution < -0.4 is 15.5 Å². The van der Waals surface area contributed by atoms with Gasteiger partial charge >= 0.3 is 0 Å². The monoisotopic (exact) mass is 540 g/mol. The van der Waals surface area contributed by atoms with Crippen molar-refractivity contribution in [2.45, 2.75) is 26.8 Å². The third-order valence-corrected chi connectivity index (χ3v) is 5.63. The molecule has 1 aliphatic rings. The van der Waals surface area contributed by atoms with Gasteiger partial charge in [-0.25, -0.2) is 9.37 Å². The van der Waals surface area contributed by atoms with Crippen LogP contribution in [0.1, 0.15) is 23.6 Å². The lowest BCUT2D eigenvalue weighted by Gasteiger charge is -2.34. The number of aliphatic imine (C=N–C) groups is 1. The summed E-state index contributed by atoms with van der Waals surface area (Å²) in [6.45, 7) is 10.9. The Labute approximate surface area is 202 Å². The van der Waals surface area contributed by atoms with Crippen LogP contribution in [0, 0.1) is 12.7 Å². The Bertz CT molecular complexity index is 834. The Kier molecular flexibility index (Phi) is 10.5. The summed E-state index contributed by atoms with van der Waals surface area (Å²) in [5.41, 5.74) is 3.23. The molecular formula is C23H34FIN6. The van der Waals surface area contributed by atoms with Crippen LogP contribution in [-0.2, 0) is 13.0 Å². The van der Waals surface area contributed by atoms with Gasteiger partial charge in [-0.05, 0) is 54.8 Å². The number of benzene rings is 1. The number of hydrogen-bond acceptors (Lipinski definition) is 4. The Balaban J connectivity index is 0.00000341. The van der Waals surface area contributed by atoms with Crippen LogP contribution in [0.3, 0.4) is 0 Å². The molecule has 3 rings (SSSR count). The molecule has 1 fully saturated rings. The van der Waals surface area contributed by atoms with E-state index in [9.17, 15) is 4.39 Å². The summed E-state index contributed by atoms with van der Waals surface area (Å²) < 4.78 is 13.2. The van der Waals surface area contributed by atoms with E-state index >= 15 is 0 Å². The lowest BCUT2D eigenvalue weighted by atomic mass is 10.1. The van der Waals surface area contributed by atoms with Crippen LogP contribution in [0.5, 0.6) is 0 Å². The normalized spacial score (nSPS) is 14.8. The molecule has 8 heteroatoms. The van der Waals surface area contributed by atoms with Gasteiger partial charge in [0.1, 0.15) is 11.6 Å². The molecule has 0 spiro atoms. The highest BCUT2D eigenvalue weighted by Crippen LogP contribution is 2.14. The van der Waals surface area contributed by atoms with Crippen LogP contribution in [0.4, 0.5) is 10.2 Å². The van der Waals surface area contributed by atoms with Gasteiger partial charge in [0.15, 0.2) is 5.96 Å². The smallest absolute Gasteiger partial charge is 0.191 e. The minimum Gasteiger partial charge on any atom is -0.356 e. The van der Waals surface area contributed by atoms with Gasteiger partial charge in [0, 0.05) is 52.5 Å². The second-order valence-corrected chi connectivity index (χ2v) is 7.62. The van der Waals surface area contributed by atoms with E-state index in [1.54, 1.807) is 13.1 Å². The Morgan fingerprint density at radius 3 is 2.52 bits per heavy atom. The number of hydrogen-bond donors (Lipinski definition) is 2. The van der Waals surface area contributed by atoms with Crippen molar-refractivity contribution in [2.75, 3.05) is 51.2 Å². The molecule has 1 aliphatic heterocycles. The van der Waals surface area contributed by atoms with Gasteiger partial charge in [0.25, 0.3) is 0 Å². The zero-order chi connectivity index (χ0) is 21.3. The summed E-state index contributed by atoms with van der Waals surface area (Å²) >= 11 is 0. The summed E-state index contributed by atoms with van der Waals surface area (Å²) in [6, 6.07) is 9.15. The summed E-state index contributed by atoms with van der Waals surface area (Å²) in [4.78, 5) is 13.7. The van der Waals surface area contributed by atoms with E-state index in [0.717, 1.165) is 74.2 Å². The summed E-state index contributed by atoms with van der Waals surface area (Å²) in [7, 11) is 1.76. The average Bonchev–Trinajstić information content (AvgIpc) is 2.78. The third-order valence-electron chi connectivity index (χ3n) is 5.63. The summed E-state index contributed by atoms with van der Waals surface area (Å²) in [5.74, 6) is 1.60. The predicted molar refractivity (Wildman–Crippen MR) is 137 cm³/mol. The van der Waals surface area contributed by atoms with Gasteiger partial charge in [0.05, 0.1) is 0 Å². The minimum atomic E-state index is -0.190. The number of halogens is 2. The van der Waals surface area contributed by atoms with E-state index in [-0.39, 0.29) is 29.8 Å². The Hall–Kier alpha value is -1.94. The standard InChI is InChI=1S/C23H33FN6.HI/c1-4-29-11-13-30(14-12-29)22-8-5-19(16-27-22)17-28-23(25-3)26-10-9-20-6-7-21(24)15-18(20)2;/h5-8,15-16H,4,9-14,17H2,1-3H3,(H2,25,26,28);1H. The average molecular weight is 540 g/mol. The van der Waals surface area contributed by atoms with Gasteiger partial charge in [0.2, 0.25) is 0 Å². The number of likely N-dealkylation sites (N-methyl/N-ethyl adjacent to an activating group) is 1. The number of aryl methyl sites for hydroxylation is 1. The topological polar surface area (TPSA) is 55.8 Å². The van der Waals surface area contributed by atoms with Crippen molar-refractivity contribution in [3.8, 4) is 0 Å². The molecule has 0 unspecified atom stereocenters. The van der Waals surface area contributed by atoms with Gasteiger partial charge in [-0.3, -0.25) is 4.99 Å². The molecule has 1 aromatic carbocycles. The molecule has 0 amide bonds. The van der Waals surface area contributed by atoms with Gasteiger partial charge in [-0.1, -0.05) is 19.1 Å². The second-order valence-electron chi connectivity index (χ2n) is 7.62. The minimum absolute atomic E-state index is 0. The van der Waals surface area contributed by atoms with E-state index in [1.165, 1.54) is 6.07 Å². The van der Waals surface area contributed by atoms with Crippen LogP contribution >= 0.6 is 24.0 Å². The number of pyridine rings is 1. The number of guanidine groups is 1. The van der Waals surface area contributed by atoms with Crippen LogP contribution in [0.15, 0.2) is 41.5 Å².